The number of halogens is 1. The first-order chi connectivity index (χ1) is 9.97. The van der Waals surface area contributed by atoms with Crippen LogP contribution in [0.15, 0.2) is 39.6 Å². The highest BCUT2D eigenvalue weighted by Gasteiger charge is 2.16. The van der Waals surface area contributed by atoms with Crippen LogP contribution in [0.25, 0.3) is 0 Å². The van der Waals surface area contributed by atoms with Gasteiger partial charge in [0.15, 0.2) is 0 Å². The predicted molar refractivity (Wildman–Crippen MR) is 86.8 cm³/mol. The maximum Gasteiger partial charge on any atom is 0.233 e. The summed E-state index contributed by atoms with van der Waals surface area (Å²) in [4.78, 5) is 13.1. The number of hydrogen-bond donors (Lipinski definition) is 1. The fraction of sp³-hybridized carbons (Fsp3) is 0.312. The molecule has 1 amide bonds. The molecule has 1 N–H and O–H groups in total. The van der Waals surface area contributed by atoms with Crippen LogP contribution in [0.5, 0.6) is 0 Å². The topological polar surface area (TPSA) is 42.2 Å². The van der Waals surface area contributed by atoms with Crippen LogP contribution in [0.4, 0.5) is 0 Å². The lowest BCUT2D eigenvalue weighted by Crippen LogP contribution is -2.30. The first-order valence-corrected chi connectivity index (χ1v) is 7.98. The number of hydrogen-bond acceptors (Lipinski definition) is 3. The summed E-state index contributed by atoms with van der Waals surface area (Å²) in [6, 6.07) is 9.48. The number of carbonyl (C=O) groups is 1. The molecule has 1 aromatic carbocycles. The molecular formula is C16H18ClNO2S. The van der Waals surface area contributed by atoms with Crippen molar-refractivity contribution >= 4 is 29.3 Å². The van der Waals surface area contributed by atoms with Crippen LogP contribution < -0.4 is 5.32 Å². The first kappa shape index (κ1) is 16.0. The smallest absolute Gasteiger partial charge is 0.233 e. The Bertz CT molecular complexity index is 639. The van der Waals surface area contributed by atoms with Gasteiger partial charge in [-0.05, 0) is 39.0 Å². The van der Waals surface area contributed by atoms with Gasteiger partial charge in [0.25, 0.3) is 0 Å². The monoisotopic (exact) mass is 323 g/mol. The number of aryl methyl sites for hydroxylation is 2. The van der Waals surface area contributed by atoms with Gasteiger partial charge in [0.2, 0.25) is 5.91 Å². The van der Waals surface area contributed by atoms with Crippen molar-refractivity contribution in [1.29, 1.82) is 0 Å². The van der Waals surface area contributed by atoms with Crippen LogP contribution in [0.3, 0.4) is 0 Å². The van der Waals surface area contributed by atoms with Gasteiger partial charge in [-0.2, -0.15) is 0 Å². The van der Waals surface area contributed by atoms with E-state index in [4.69, 9.17) is 16.0 Å². The minimum Gasteiger partial charge on any atom is -0.466 e. The summed E-state index contributed by atoms with van der Waals surface area (Å²) in [5, 5.41) is 3.39. The molecule has 21 heavy (non-hydrogen) atoms. The third-order valence-corrected chi connectivity index (χ3v) is 4.73. The van der Waals surface area contributed by atoms with E-state index in [-0.39, 0.29) is 11.2 Å². The summed E-state index contributed by atoms with van der Waals surface area (Å²) in [5.74, 6) is 1.69. The van der Waals surface area contributed by atoms with Gasteiger partial charge in [0.05, 0.1) is 10.3 Å². The van der Waals surface area contributed by atoms with Crippen molar-refractivity contribution in [3.05, 3.63) is 52.4 Å². The molecule has 2 aromatic rings. The van der Waals surface area contributed by atoms with E-state index in [0.29, 0.717) is 11.6 Å². The second-order valence-corrected chi connectivity index (χ2v) is 6.64. The van der Waals surface area contributed by atoms with Crippen molar-refractivity contribution in [2.45, 2.75) is 37.5 Å². The summed E-state index contributed by atoms with van der Waals surface area (Å²) >= 11 is 7.56. The minimum atomic E-state index is -0.210. The van der Waals surface area contributed by atoms with Gasteiger partial charge < -0.3 is 9.73 Å². The molecule has 0 bridgehead atoms. The lowest BCUT2D eigenvalue weighted by Gasteiger charge is -2.12. The van der Waals surface area contributed by atoms with Crippen LogP contribution in [-0.2, 0) is 11.3 Å². The maximum absolute atomic E-state index is 12.1. The number of benzene rings is 1. The van der Waals surface area contributed by atoms with E-state index in [1.165, 1.54) is 11.8 Å². The van der Waals surface area contributed by atoms with E-state index in [9.17, 15) is 4.79 Å². The van der Waals surface area contributed by atoms with Gasteiger partial charge in [-0.15, -0.1) is 11.8 Å². The molecule has 0 radical (unpaired) electrons. The molecule has 0 fully saturated rings. The first-order valence-electron chi connectivity index (χ1n) is 6.72. The second-order valence-electron chi connectivity index (χ2n) is 4.85. The van der Waals surface area contributed by atoms with Crippen molar-refractivity contribution in [2.24, 2.45) is 0 Å². The SMILES string of the molecule is Cc1cc(CNC(=O)C(C)Sc2ccccc2Cl)c(C)o1. The standard InChI is InChI=1S/C16H18ClNO2S/c1-10-8-13(11(2)20-10)9-18-16(19)12(3)21-15-7-5-4-6-14(15)17/h4-8,12H,9H2,1-3H3,(H,18,19). The van der Waals surface area contributed by atoms with E-state index in [2.05, 4.69) is 5.32 Å². The molecule has 3 nitrogen and oxygen atoms in total. The maximum atomic E-state index is 12.1. The van der Waals surface area contributed by atoms with Crippen molar-refractivity contribution < 1.29 is 9.21 Å². The molecule has 1 atom stereocenters. The minimum absolute atomic E-state index is 0.0156. The zero-order valence-corrected chi connectivity index (χ0v) is 13.8. The average Bonchev–Trinajstić information content (AvgIpc) is 2.76. The van der Waals surface area contributed by atoms with Crippen LogP contribution in [-0.4, -0.2) is 11.2 Å². The van der Waals surface area contributed by atoms with E-state index >= 15 is 0 Å². The Morgan fingerprint density at radius 2 is 2.10 bits per heavy atom. The Morgan fingerprint density at radius 1 is 1.38 bits per heavy atom. The number of furan rings is 1. The summed E-state index contributed by atoms with van der Waals surface area (Å²) in [5.41, 5.74) is 1.01. The van der Waals surface area contributed by atoms with E-state index in [0.717, 1.165) is 22.0 Å². The van der Waals surface area contributed by atoms with Gasteiger partial charge in [0, 0.05) is 17.0 Å². The molecule has 0 aliphatic rings. The third kappa shape index (κ3) is 4.29. The van der Waals surface area contributed by atoms with Gasteiger partial charge in [0.1, 0.15) is 11.5 Å². The molecule has 2 rings (SSSR count). The van der Waals surface area contributed by atoms with Crippen LogP contribution in [0.2, 0.25) is 5.02 Å². The largest absolute Gasteiger partial charge is 0.466 e. The van der Waals surface area contributed by atoms with E-state index in [1.807, 2.05) is 51.1 Å². The van der Waals surface area contributed by atoms with Gasteiger partial charge in [-0.1, -0.05) is 23.7 Å². The van der Waals surface area contributed by atoms with Crippen molar-refractivity contribution in [2.75, 3.05) is 0 Å². The Balaban J connectivity index is 1.91. The van der Waals surface area contributed by atoms with Crippen LogP contribution >= 0.6 is 23.4 Å². The second kappa shape index (κ2) is 7.05. The lowest BCUT2D eigenvalue weighted by atomic mass is 10.2. The highest BCUT2D eigenvalue weighted by molar-refractivity contribution is 8.00. The predicted octanol–water partition coefficient (Wildman–Crippen LogP) is 4.35. The molecule has 0 saturated carbocycles. The molecule has 0 saturated heterocycles. The van der Waals surface area contributed by atoms with Gasteiger partial charge in [-0.25, -0.2) is 0 Å². The molecule has 0 aliphatic heterocycles. The Morgan fingerprint density at radius 3 is 2.71 bits per heavy atom. The Hall–Kier alpha value is -1.39. The third-order valence-electron chi connectivity index (χ3n) is 3.11. The number of rotatable bonds is 5. The lowest BCUT2D eigenvalue weighted by molar-refractivity contribution is -0.120. The van der Waals surface area contributed by atoms with Gasteiger partial charge in [-0.3, -0.25) is 4.79 Å². The summed E-state index contributed by atoms with van der Waals surface area (Å²) < 4.78 is 5.44. The van der Waals surface area contributed by atoms with Crippen molar-refractivity contribution in [3.8, 4) is 0 Å². The zero-order valence-electron chi connectivity index (χ0n) is 12.3. The summed E-state index contributed by atoms with van der Waals surface area (Å²) in [7, 11) is 0. The highest BCUT2D eigenvalue weighted by Crippen LogP contribution is 2.30. The van der Waals surface area contributed by atoms with Crippen LogP contribution in [0.1, 0.15) is 24.0 Å². The summed E-state index contributed by atoms with van der Waals surface area (Å²) in [6.45, 7) is 6.15. The number of thioether (sulfide) groups is 1. The van der Waals surface area contributed by atoms with Crippen molar-refractivity contribution in [1.82, 2.24) is 5.32 Å². The molecule has 1 aromatic heterocycles. The Kier molecular flexibility index (Phi) is 5.37. The highest BCUT2D eigenvalue weighted by atomic mass is 35.5. The fourth-order valence-electron chi connectivity index (χ4n) is 1.97. The molecule has 1 unspecified atom stereocenters. The molecular weight excluding hydrogens is 306 g/mol. The molecule has 5 heteroatoms. The normalized spacial score (nSPS) is 12.2. The Labute approximate surface area is 134 Å². The summed E-state index contributed by atoms with van der Waals surface area (Å²) in [6.07, 6.45) is 0. The molecule has 0 spiro atoms. The van der Waals surface area contributed by atoms with E-state index < -0.39 is 0 Å². The molecule has 112 valence electrons. The molecule has 1 heterocycles. The number of nitrogens with one attached hydrogen (secondary N) is 1. The molecule has 0 aliphatic carbocycles. The quantitative estimate of drug-likeness (QED) is 0.832. The van der Waals surface area contributed by atoms with Crippen LogP contribution in [0, 0.1) is 13.8 Å². The number of amides is 1. The van der Waals surface area contributed by atoms with Crippen molar-refractivity contribution in [3.63, 3.8) is 0 Å². The zero-order chi connectivity index (χ0) is 15.4. The fourth-order valence-corrected chi connectivity index (χ4v) is 3.15. The number of carbonyl (C=O) groups excluding carboxylic acids is 1. The van der Waals surface area contributed by atoms with E-state index in [1.54, 1.807) is 0 Å². The van der Waals surface area contributed by atoms with Gasteiger partial charge >= 0.3 is 0 Å². The average molecular weight is 324 g/mol.